The molecule has 0 amide bonds. The number of fused-ring (bicyclic) bond motifs is 6. The fourth-order valence-corrected chi connectivity index (χ4v) is 8.69. The summed E-state index contributed by atoms with van der Waals surface area (Å²) >= 11 is 0. The van der Waals surface area contributed by atoms with E-state index in [9.17, 15) is 34.8 Å². The molecular formula is C46H70O14. The van der Waals surface area contributed by atoms with E-state index in [1.54, 1.807) is 39.8 Å². The van der Waals surface area contributed by atoms with Crippen LogP contribution in [-0.4, -0.2) is 112 Å². The smallest absolute Gasteiger partial charge is 0.331 e. The highest BCUT2D eigenvalue weighted by Gasteiger charge is 2.59. The van der Waals surface area contributed by atoms with Gasteiger partial charge in [0.05, 0.1) is 54.9 Å². The number of esters is 3. The van der Waals surface area contributed by atoms with Crippen LogP contribution in [0.15, 0.2) is 60.4 Å². The van der Waals surface area contributed by atoms with Gasteiger partial charge in [-0.1, -0.05) is 84.9 Å². The Labute approximate surface area is 355 Å². The average Bonchev–Trinajstić information content (AvgIpc) is 3.13. The second-order valence-electron chi connectivity index (χ2n) is 18.3. The van der Waals surface area contributed by atoms with E-state index in [2.05, 4.69) is 13.5 Å². The normalized spacial score (nSPS) is 38.0. The lowest BCUT2D eigenvalue weighted by molar-refractivity contribution is -0.349. The van der Waals surface area contributed by atoms with Gasteiger partial charge in [-0.05, 0) is 44.1 Å². The average molecular weight is 847 g/mol. The molecule has 3 saturated heterocycles. The number of rotatable bonds is 8. The number of methoxy groups -OCH3 is 1. The Balaban J connectivity index is 1.82. The second-order valence-corrected chi connectivity index (χ2v) is 18.3. The van der Waals surface area contributed by atoms with Crippen LogP contribution in [0.4, 0.5) is 0 Å². The maximum absolute atomic E-state index is 13.4. The number of aliphatic hydroxyl groups is 4. The number of unbranched alkanes of at least 4 members (excludes halogenated alkanes) is 1. The molecule has 6 bridgehead atoms. The van der Waals surface area contributed by atoms with Crippen LogP contribution in [0.25, 0.3) is 0 Å². The van der Waals surface area contributed by atoms with Crippen molar-refractivity contribution in [2.24, 2.45) is 16.7 Å². The Morgan fingerprint density at radius 3 is 2.33 bits per heavy atom. The topological polar surface area (TPSA) is 197 Å². The summed E-state index contributed by atoms with van der Waals surface area (Å²) in [5.41, 5.74) is -2.20. The summed E-state index contributed by atoms with van der Waals surface area (Å²) in [4.78, 5) is 38.5. The van der Waals surface area contributed by atoms with Crippen molar-refractivity contribution in [3.8, 4) is 0 Å². The highest BCUT2D eigenvalue weighted by atomic mass is 16.7. The zero-order chi connectivity index (χ0) is 44.6. The lowest BCUT2D eigenvalue weighted by Crippen LogP contribution is -2.62. The molecule has 3 fully saturated rings. The third kappa shape index (κ3) is 12.4. The second kappa shape index (κ2) is 20.7. The minimum absolute atomic E-state index is 0.0103. The third-order valence-corrected chi connectivity index (χ3v) is 12.3. The first-order valence-corrected chi connectivity index (χ1v) is 21.4. The lowest BCUT2D eigenvalue weighted by atomic mass is 9.70. The molecule has 12 atom stereocenters. The molecule has 4 aliphatic rings. The zero-order valence-corrected chi connectivity index (χ0v) is 37.0. The first-order chi connectivity index (χ1) is 28.0. The van der Waals surface area contributed by atoms with Gasteiger partial charge in [-0.2, -0.15) is 0 Å². The van der Waals surface area contributed by atoms with Gasteiger partial charge in [0.2, 0.25) is 5.79 Å². The minimum Gasteiger partial charge on any atom is -0.493 e. The summed E-state index contributed by atoms with van der Waals surface area (Å²) in [6, 6.07) is 0. The van der Waals surface area contributed by atoms with Crippen molar-refractivity contribution >= 4 is 17.9 Å². The van der Waals surface area contributed by atoms with E-state index in [0.29, 0.717) is 12.8 Å². The van der Waals surface area contributed by atoms with Gasteiger partial charge < -0.3 is 53.6 Å². The van der Waals surface area contributed by atoms with E-state index in [1.165, 1.54) is 39.2 Å². The summed E-state index contributed by atoms with van der Waals surface area (Å²) in [5.74, 6) is -5.88. The third-order valence-electron chi connectivity index (χ3n) is 12.3. The van der Waals surface area contributed by atoms with Crippen LogP contribution in [0.5, 0.6) is 0 Å². The van der Waals surface area contributed by atoms with Crippen LogP contribution in [-0.2, 0) is 47.5 Å². The van der Waals surface area contributed by atoms with Crippen LogP contribution >= 0.6 is 0 Å². The fourth-order valence-electron chi connectivity index (χ4n) is 8.69. The first-order valence-electron chi connectivity index (χ1n) is 21.4. The Hall–Kier alpha value is -3.37. The van der Waals surface area contributed by atoms with Crippen LogP contribution in [0, 0.1) is 16.7 Å². The van der Waals surface area contributed by atoms with E-state index in [-0.39, 0.29) is 55.8 Å². The standard InChI is InChI=1S/C46H70O14/c1-11-12-13-14-15-16-40(50)58-42-32(23-41(51)54-10)22-35-25-38(30(4)47)55-29(3)21-33(49)24-36-26-39(56-31(5)48)44(8,9)45(52,59-36)27-37-20-28(2)19-34(57-37)17-18-43(6,7)46(42,53)60-35/h13-18,23,28,30,33-39,42,47,49,52-53H,3,11-12,19-22,24-27H2,1-2,4-10H3/b14-13+,16-15+,18-17+,32-23+/t28-,30+,33?,34-,35-,36+,37-,38+,39-,42-,45-,46+/m0/s1. The molecule has 4 rings (SSSR count). The monoisotopic (exact) mass is 846 g/mol. The number of hydrogen-bond donors (Lipinski definition) is 4. The predicted octanol–water partition coefficient (Wildman–Crippen LogP) is 5.80. The number of carbonyl (C=O) groups is 3. The van der Waals surface area contributed by atoms with E-state index < -0.39 is 95.2 Å². The molecule has 1 unspecified atom stereocenters. The molecular weight excluding hydrogens is 776 g/mol. The van der Waals surface area contributed by atoms with Gasteiger partial charge in [0.25, 0.3) is 0 Å². The lowest BCUT2D eigenvalue weighted by Gasteiger charge is -2.54. The van der Waals surface area contributed by atoms with Gasteiger partial charge >= 0.3 is 17.9 Å². The summed E-state index contributed by atoms with van der Waals surface area (Å²) in [6.07, 6.45) is 6.36. The number of ether oxygens (including phenoxy) is 7. The van der Waals surface area contributed by atoms with Gasteiger partial charge in [0.1, 0.15) is 12.2 Å². The Bertz CT molecular complexity index is 1630. The highest BCUT2D eigenvalue weighted by Crippen LogP contribution is 2.50. The summed E-state index contributed by atoms with van der Waals surface area (Å²) < 4.78 is 42.6. The molecule has 14 heteroatoms. The summed E-state index contributed by atoms with van der Waals surface area (Å²) in [7, 11) is 1.22. The summed E-state index contributed by atoms with van der Waals surface area (Å²) in [6.45, 7) is 18.0. The van der Waals surface area contributed by atoms with Crippen molar-refractivity contribution in [2.75, 3.05) is 7.11 Å². The fraction of sp³-hybridized carbons (Fsp3) is 0.717. The quantitative estimate of drug-likeness (QED) is 0.0752. The van der Waals surface area contributed by atoms with Gasteiger partial charge in [0, 0.05) is 56.6 Å². The van der Waals surface area contributed by atoms with Crippen LogP contribution in [0.1, 0.15) is 120 Å². The molecule has 0 aromatic heterocycles. The zero-order valence-electron chi connectivity index (χ0n) is 37.0. The Morgan fingerprint density at radius 1 is 0.967 bits per heavy atom. The number of carbonyl (C=O) groups excluding carboxylic acids is 3. The molecule has 4 aliphatic heterocycles. The van der Waals surface area contributed by atoms with E-state index >= 15 is 0 Å². The van der Waals surface area contributed by atoms with Gasteiger partial charge in [0.15, 0.2) is 11.9 Å². The molecule has 4 N–H and O–H groups in total. The summed E-state index contributed by atoms with van der Waals surface area (Å²) in [5, 5.41) is 47.6. The van der Waals surface area contributed by atoms with Crippen LogP contribution < -0.4 is 0 Å². The Kier molecular flexibility index (Phi) is 17.0. The highest BCUT2D eigenvalue weighted by molar-refractivity contribution is 5.84. The molecule has 0 aromatic carbocycles. The molecule has 0 saturated carbocycles. The Morgan fingerprint density at radius 2 is 1.68 bits per heavy atom. The number of allylic oxidation sites excluding steroid dienone is 3. The van der Waals surface area contributed by atoms with Crippen LogP contribution in [0.3, 0.4) is 0 Å². The van der Waals surface area contributed by atoms with Crippen molar-refractivity contribution in [1.29, 1.82) is 0 Å². The molecule has 14 nitrogen and oxygen atoms in total. The molecule has 0 spiro atoms. The van der Waals surface area contributed by atoms with Gasteiger partial charge in [-0.3, -0.25) is 4.79 Å². The number of aliphatic hydroxyl groups excluding tert-OH is 2. The number of hydrogen-bond acceptors (Lipinski definition) is 14. The minimum atomic E-state index is -2.30. The maximum atomic E-state index is 13.4. The van der Waals surface area contributed by atoms with E-state index in [4.69, 9.17) is 33.2 Å². The predicted molar refractivity (Wildman–Crippen MR) is 222 cm³/mol. The van der Waals surface area contributed by atoms with Crippen molar-refractivity contribution in [1.82, 2.24) is 0 Å². The molecule has 338 valence electrons. The van der Waals surface area contributed by atoms with Gasteiger partial charge in [-0.15, -0.1) is 0 Å². The first kappa shape index (κ1) is 49.3. The molecule has 60 heavy (non-hydrogen) atoms. The van der Waals surface area contributed by atoms with Gasteiger partial charge in [-0.25, -0.2) is 9.59 Å². The maximum Gasteiger partial charge on any atom is 0.331 e. The van der Waals surface area contributed by atoms with Crippen LogP contribution in [0.2, 0.25) is 0 Å². The molecule has 4 heterocycles. The SMILES string of the molecule is C=C1CC(O)C[C@@H]2C[C@H](OC(C)=O)C(C)(C)[C@](O)(C[C@@H]3C[C@@H](C)C[C@H](/C=C/C(C)(C)[C@]4(O)O[C@@H](C/C(=C\C(=O)OC)[C@@H]4OC(=O)/C=C/C=C/CCC)C[C@H]([C@@H](C)O)O1)O3)O2. The largest absolute Gasteiger partial charge is 0.493 e. The molecule has 0 radical (unpaired) electrons. The van der Waals surface area contributed by atoms with Crippen molar-refractivity contribution < 1.29 is 68.0 Å². The molecule has 0 aliphatic carbocycles. The van der Waals surface area contributed by atoms with E-state index in [1.807, 2.05) is 19.1 Å². The molecule has 0 aromatic rings. The van der Waals surface area contributed by atoms with E-state index in [0.717, 1.165) is 12.8 Å². The van der Waals surface area contributed by atoms with Crippen molar-refractivity contribution in [3.05, 3.63) is 60.4 Å². The van der Waals surface area contributed by atoms with Crippen molar-refractivity contribution in [3.63, 3.8) is 0 Å². The van der Waals surface area contributed by atoms with Crippen molar-refractivity contribution in [2.45, 2.75) is 186 Å².